The predicted octanol–water partition coefficient (Wildman–Crippen LogP) is 4.38. The zero-order chi connectivity index (χ0) is 12.7. The summed E-state index contributed by atoms with van der Waals surface area (Å²) in [7, 11) is 0. The molecule has 2 aromatic heterocycles. The molecule has 0 bridgehead atoms. The Morgan fingerprint density at radius 1 is 0.944 bits per heavy atom. The van der Waals surface area contributed by atoms with Crippen LogP contribution in [0.5, 0.6) is 0 Å². The molecule has 3 aromatic rings. The molecule has 1 aromatic carbocycles. The maximum atomic E-state index is 6.05. The minimum absolute atomic E-state index is 0.557. The van der Waals surface area contributed by atoms with Gasteiger partial charge in [0.15, 0.2) is 5.65 Å². The van der Waals surface area contributed by atoms with E-state index in [0.29, 0.717) is 26.2 Å². The average Bonchev–Trinajstić information content (AvgIpc) is 2.73. The van der Waals surface area contributed by atoms with Gasteiger partial charge in [-0.15, -0.1) is 0 Å². The highest BCUT2D eigenvalue weighted by atomic mass is 35.5. The van der Waals surface area contributed by atoms with E-state index in [1.807, 2.05) is 0 Å². The zero-order valence-corrected chi connectivity index (χ0v) is 11.2. The first-order valence-electron chi connectivity index (χ1n) is 5.09. The normalized spacial score (nSPS) is 11.1. The molecule has 0 saturated heterocycles. The van der Waals surface area contributed by atoms with E-state index in [4.69, 9.17) is 34.8 Å². The number of hydrogen-bond acceptors (Lipinski definition) is 2. The van der Waals surface area contributed by atoms with Gasteiger partial charge in [-0.1, -0.05) is 34.8 Å². The van der Waals surface area contributed by atoms with Crippen LogP contribution in [0.25, 0.3) is 16.9 Å². The van der Waals surface area contributed by atoms with E-state index < -0.39 is 0 Å². The van der Waals surface area contributed by atoms with Crippen molar-refractivity contribution in [1.29, 1.82) is 0 Å². The second-order valence-corrected chi connectivity index (χ2v) is 4.99. The van der Waals surface area contributed by atoms with E-state index in [-0.39, 0.29) is 0 Å². The second kappa shape index (κ2) is 4.43. The van der Waals surface area contributed by atoms with Crippen LogP contribution in [0.2, 0.25) is 15.1 Å². The maximum Gasteiger partial charge on any atom is 0.166 e. The van der Waals surface area contributed by atoms with E-state index in [9.17, 15) is 0 Å². The second-order valence-electron chi connectivity index (χ2n) is 3.71. The average molecular weight is 299 g/mol. The number of pyridine rings is 1. The molecule has 0 radical (unpaired) electrons. The van der Waals surface area contributed by atoms with Gasteiger partial charge in [-0.05, 0) is 24.3 Å². The minimum atomic E-state index is 0.557. The number of hydrogen-bond donors (Lipinski definition) is 0. The fraction of sp³-hybridized carbons (Fsp3) is 0. The Hall–Kier alpha value is -1.29. The number of nitrogens with zero attached hydrogens (tertiary/aromatic N) is 3. The lowest BCUT2D eigenvalue weighted by atomic mass is 10.3. The third kappa shape index (κ3) is 1.94. The molecule has 3 nitrogen and oxygen atoms in total. The Balaban J connectivity index is 2.29. The molecular formula is C12H6Cl3N3. The minimum Gasteiger partial charge on any atom is -0.283 e. The highest BCUT2D eigenvalue weighted by Crippen LogP contribution is 2.26. The number of fused-ring (bicyclic) bond motifs is 1. The lowest BCUT2D eigenvalue weighted by Gasteiger charge is -2.05. The summed E-state index contributed by atoms with van der Waals surface area (Å²) in [4.78, 5) is 8.50. The van der Waals surface area contributed by atoms with E-state index in [1.165, 1.54) is 0 Å². The van der Waals surface area contributed by atoms with Crippen LogP contribution >= 0.6 is 34.8 Å². The van der Waals surface area contributed by atoms with Gasteiger partial charge in [0.2, 0.25) is 0 Å². The van der Waals surface area contributed by atoms with Crippen LogP contribution in [0.15, 0.2) is 36.8 Å². The standard InChI is InChI=1S/C12H6Cl3N3/c13-7-3-8(14)5-9(4-7)18-6-17-11-10(15)1-2-16-12(11)18/h1-6H. The maximum absolute atomic E-state index is 6.05. The molecule has 0 fully saturated rings. The largest absolute Gasteiger partial charge is 0.283 e. The fourth-order valence-electron chi connectivity index (χ4n) is 1.75. The number of benzene rings is 1. The molecule has 0 N–H and O–H groups in total. The topological polar surface area (TPSA) is 30.7 Å². The van der Waals surface area contributed by atoms with E-state index in [0.717, 1.165) is 5.69 Å². The monoisotopic (exact) mass is 297 g/mol. The lowest BCUT2D eigenvalue weighted by Crippen LogP contribution is -1.93. The molecule has 0 aliphatic rings. The number of aromatic nitrogens is 3. The Morgan fingerprint density at radius 2 is 1.67 bits per heavy atom. The SMILES string of the molecule is Clc1cc(Cl)cc(-n2cnc3c(Cl)ccnc32)c1. The van der Waals surface area contributed by atoms with Gasteiger partial charge in [0, 0.05) is 16.2 Å². The van der Waals surface area contributed by atoms with E-state index >= 15 is 0 Å². The van der Waals surface area contributed by atoms with Crippen molar-refractivity contribution in [2.75, 3.05) is 0 Å². The van der Waals surface area contributed by atoms with Gasteiger partial charge in [0.05, 0.1) is 10.7 Å². The summed E-state index contributed by atoms with van der Waals surface area (Å²) in [5.41, 5.74) is 2.11. The van der Waals surface area contributed by atoms with Crippen LogP contribution in [0.1, 0.15) is 0 Å². The summed E-state index contributed by atoms with van der Waals surface area (Å²) in [6, 6.07) is 6.95. The predicted molar refractivity (Wildman–Crippen MR) is 73.9 cm³/mol. The molecular weight excluding hydrogens is 293 g/mol. The van der Waals surface area contributed by atoms with Crippen molar-refractivity contribution in [1.82, 2.24) is 14.5 Å². The van der Waals surface area contributed by atoms with Crippen molar-refractivity contribution in [3.05, 3.63) is 51.9 Å². The van der Waals surface area contributed by atoms with Crippen LogP contribution in [0.3, 0.4) is 0 Å². The Morgan fingerprint density at radius 3 is 2.39 bits per heavy atom. The van der Waals surface area contributed by atoms with Crippen molar-refractivity contribution < 1.29 is 0 Å². The molecule has 0 amide bonds. The van der Waals surface area contributed by atoms with Crippen molar-refractivity contribution in [3.63, 3.8) is 0 Å². The molecule has 90 valence electrons. The van der Waals surface area contributed by atoms with Gasteiger partial charge in [-0.2, -0.15) is 0 Å². The fourth-order valence-corrected chi connectivity index (χ4v) is 2.46. The molecule has 3 rings (SSSR count). The molecule has 0 saturated carbocycles. The van der Waals surface area contributed by atoms with E-state index in [2.05, 4.69) is 9.97 Å². The first kappa shape index (κ1) is 11.8. The summed E-state index contributed by atoms with van der Waals surface area (Å²) in [6.07, 6.45) is 3.28. The molecule has 2 heterocycles. The van der Waals surface area contributed by atoms with Gasteiger partial charge in [0.25, 0.3) is 0 Å². The highest BCUT2D eigenvalue weighted by Gasteiger charge is 2.09. The van der Waals surface area contributed by atoms with E-state index in [1.54, 1.807) is 41.4 Å². The molecule has 0 unspecified atom stereocenters. The molecule has 0 aliphatic heterocycles. The van der Waals surface area contributed by atoms with Crippen LogP contribution in [0.4, 0.5) is 0 Å². The van der Waals surface area contributed by atoms with Crippen molar-refractivity contribution in [2.24, 2.45) is 0 Å². The zero-order valence-electron chi connectivity index (χ0n) is 8.94. The summed E-state index contributed by atoms with van der Waals surface area (Å²) >= 11 is 18.0. The van der Waals surface area contributed by atoms with Gasteiger partial charge < -0.3 is 0 Å². The molecule has 0 spiro atoms. The third-order valence-corrected chi connectivity index (χ3v) is 3.25. The first-order chi connectivity index (χ1) is 8.65. The molecule has 18 heavy (non-hydrogen) atoms. The number of halogens is 3. The summed E-state index contributed by atoms with van der Waals surface area (Å²) in [5, 5.41) is 1.68. The summed E-state index contributed by atoms with van der Waals surface area (Å²) < 4.78 is 1.79. The van der Waals surface area contributed by atoms with Crippen molar-refractivity contribution in [2.45, 2.75) is 0 Å². The lowest BCUT2D eigenvalue weighted by molar-refractivity contribution is 1.07. The summed E-state index contributed by atoms with van der Waals surface area (Å²) in [5.74, 6) is 0. The number of imidazole rings is 1. The Labute approximate surface area is 118 Å². The van der Waals surface area contributed by atoms with Crippen LogP contribution < -0.4 is 0 Å². The van der Waals surface area contributed by atoms with Crippen LogP contribution in [0, 0.1) is 0 Å². The van der Waals surface area contributed by atoms with Gasteiger partial charge >= 0.3 is 0 Å². The number of rotatable bonds is 1. The Bertz CT molecular complexity index is 716. The van der Waals surface area contributed by atoms with Gasteiger partial charge in [-0.25, -0.2) is 9.97 Å². The molecule has 0 aliphatic carbocycles. The van der Waals surface area contributed by atoms with Gasteiger partial charge in [0.1, 0.15) is 11.8 Å². The quantitative estimate of drug-likeness (QED) is 0.667. The van der Waals surface area contributed by atoms with Crippen LogP contribution in [-0.2, 0) is 0 Å². The van der Waals surface area contributed by atoms with Crippen molar-refractivity contribution in [3.8, 4) is 5.69 Å². The van der Waals surface area contributed by atoms with Gasteiger partial charge in [-0.3, -0.25) is 4.57 Å². The molecule has 0 atom stereocenters. The van der Waals surface area contributed by atoms with Crippen molar-refractivity contribution >= 4 is 46.0 Å². The first-order valence-corrected chi connectivity index (χ1v) is 6.22. The Kier molecular flexibility index (Phi) is 2.90. The summed E-state index contributed by atoms with van der Waals surface area (Å²) in [6.45, 7) is 0. The smallest absolute Gasteiger partial charge is 0.166 e. The highest BCUT2D eigenvalue weighted by molar-refractivity contribution is 6.35. The third-order valence-electron chi connectivity index (χ3n) is 2.51. The molecule has 6 heteroatoms. The van der Waals surface area contributed by atoms with Crippen LogP contribution in [-0.4, -0.2) is 14.5 Å².